The van der Waals surface area contributed by atoms with E-state index in [2.05, 4.69) is 99.1 Å². The van der Waals surface area contributed by atoms with E-state index in [4.69, 9.17) is 43.8 Å². The van der Waals surface area contributed by atoms with Gasteiger partial charge in [-0.1, -0.05) is 43.1 Å². The number of terminal acetylenes is 1. The fourth-order valence-corrected chi connectivity index (χ4v) is 8.02. The van der Waals surface area contributed by atoms with Gasteiger partial charge in [-0.15, -0.1) is 12.0 Å². The van der Waals surface area contributed by atoms with Crippen LogP contribution in [0.25, 0.3) is 44.1 Å². The Labute approximate surface area is 463 Å². The van der Waals surface area contributed by atoms with Crippen LogP contribution >= 0.6 is 11.6 Å². The molecule has 6 heterocycles. The Balaban J connectivity index is 0.000000180. The van der Waals surface area contributed by atoms with Crippen molar-refractivity contribution in [3.8, 4) is 69.7 Å². The first-order valence-electron chi connectivity index (χ1n) is 24.6. The highest BCUT2D eigenvalue weighted by atomic mass is 35.5. The number of benzene rings is 4. The predicted octanol–water partition coefficient (Wildman–Crippen LogP) is 10.5. The number of halogens is 1. The maximum atomic E-state index is 8.90. The van der Waals surface area contributed by atoms with Crippen LogP contribution in [0, 0.1) is 46.5 Å². The second-order valence-electron chi connectivity index (χ2n) is 18.6. The van der Waals surface area contributed by atoms with E-state index in [1.54, 1.807) is 46.0 Å². The number of nitrogens with two attached hydrogens (primary N) is 1. The summed E-state index contributed by atoms with van der Waals surface area (Å²) in [6.07, 6.45) is 19.5. The van der Waals surface area contributed by atoms with Gasteiger partial charge < -0.3 is 31.2 Å². The van der Waals surface area contributed by atoms with E-state index < -0.39 is 8.07 Å². The number of ether oxygens (including phenoxy) is 2. The lowest BCUT2D eigenvalue weighted by molar-refractivity contribution is 0.328. The summed E-state index contributed by atoms with van der Waals surface area (Å²) < 4.78 is 15.4. The van der Waals surface area contributed by atoms with Gasteiger partial charge in [0, 0.05) is 114 Å². The molecule has 20 heteroatoms. The molecule has 79 heavy (non-hydrogen) atoms. The Kier molecular flexibility index (Phi) is 18.2. The number of aryl methyl sites for hydroxylation is 2. The zero-order valence-electron chi connectivity index (χ0n) is 43.9. The van der Waals surface area contributed by atoms with Crippen LogP contribution in [0.1, 0.15) is 22.3 Å². The zero-order valence-corrected chi connectivity index (χ0v) is 45.7. The molecule has 0 radical (unpaired) electrons. The summed E-state index contributed by atoms with van der Waals surface area (Å²) in [6, 6.07) is 34.1. The van der Waals surface area contributed by atoms with E-state index >= 15 is 0 Å². The fraction of sp³-hybridized carbons (Fsp3) is 0.153. The van der Waals surface area contributed by atoms with Gasteiger partial charge in [0.25, 0.3) is 0 Å². The number of pyridine rings is 2. The third-order valence-corrected chi connectivity index (χ3v) is 12.2. The van der Waals surface area contributed by atoms with Crippen molar-refractivity contribution in [2.24, 2.45) is 19.8 Å². The van der Waals surface area contributed by atoms with Crippen LogP contribution in [-0.2, 0) is 14.1 Å². The average Bonchev–Trinajstić information content (AvgIpc) is 4.14. The second kappa shape index (κ2) is 26.1. The Hall–Kier alpha value is -10.2. The minimum Gasteiger partial charge on any atom is -0.492 e. The number of hydrogen-bond donors (Lipinski definition) is 4. The molecule has 0 bridgehead atoms. The molecule has 4 aromatic carbocycles. The molecule has 392 valence electrons. The number of nitrogens with one attached hydrogen (secondary N) is 3. The lowest BCUT2D eigenvalue weighted by Crippen LogP contribution is -2.16. The summed E-state index contributed by atoms with van der Waals surface area (Å²) in [5.41, 5.74) is 18.9. The average molecular weight is 1080 g/mol. The van der Waals surface area contributed by atoms with Gasteiger partial charge in [-0.25, -0.2) is 29.9 Å². The van der Waals surface area contributed by atoms with Crippen LogP contribution in [0.15, 0.2) is 147 Å². The van der Waals surface area contributed by atoms with E-state index in [1.165, 1.54) is 12.4 Å². The molecular weight excluding hydrogens is 1030 g/mol. The standard InChI is InChI=1S/C28H22N8O.C25H28N6OSi.C6H3ClN2/c1-3-19-4-6-26-22(10-19)16-32-28(35-26)34-24-11-21(23-17-33-36(2)18-23)12-25(13-24)37-9-8-30-27-7-5-20(14-29)15-31-27;1-31-17-21(16-28-31)19-12-22(14-23(13-19)32-9-8-26)29-25-27-15-20-11-18(5-6-24(20)30-25)7-10-33(2,3)4;7-6-2-1-5(3-8)4-9-6/h1,4-7,10-13,15-18H,8-9H2,2H3,(H,30,31)(H,32,34,35);5-6,11-17H,8-9,26H2,1-4H3,(H,27,29,30);1-2,4H. The first kappa shape index (κ1) is 55.1. The van der Waals surface area contributed by atoms with Crippen LogP contribution in [0.3, 0.4) is 0 Å². The first-order valence-corrected chi connectivity index (χ1v) is 28.5. The first-order chi connectivity index (χ1) is 38.2. The number of anilines is 5. The van der Waals surface area contributed by atoms with Crippen molar-refractivity contribution in [1.82, 2.24) is 49.5 Å². The number of fused-ring (bicyclic) bond motifs is 2. The van der Waals surface area contributed by atoms with Gasteiger partial charge in [0.05, 0.1) is 41.1 Å². The van der Waals surface area contributed by atoms with Crippen molar-refractivity contribution in [1.29, 1.82) is 10.5 Å². The van der Waals surface area contributed by atoms with Gasteiger partial charge in [-0.05, 0) is 96.1 Å². The third kappa shape index (κ3) is 16.2. The lowest BCUT2D eigenvalue weighted by atomic mass is 10.1. The molecule has 0 saturated carbocycles. The number of nitrogens with zero attached hydrogens (tertiary/aromatic N) is 12. The molecule has 0 fully saturated rings. The molecule has 0 spiro atoms. The normalized spacial score (nSPS) is 10.5. The smallest absolute Gasteiger partial charge is 0.227 e. The number of hydrogen-bond acceptors (Lipinski definition) is 16. The molecule has 0 saturated heterocycles. The molecule has 0 atom stereocenters. The van der Waals surface area contributed by atoms with Gasteiger partial charge in [0.2, 0.25) is 11.9 Å². The number of aromatic nitrogens is 10. The molecule has 6 aromatic heterocycles. The molecular formula is C59H53ClN16O2Si. The summed E-state index contributed by atoms with van der Waals surface area (Å²) >= 11 is 5.45. The molecule has 0 amide bonds. The monoisotopic (exact) mass is 1080 g/mol. The molecule has 0 aliphatic carbocycles. The Morgan fingerprint density at radius 2 is 1.14 bits per heavy atom. The minimum atomic E-state index is -1.43. The Morgan fingerprint density at radius 1 is 0.608 bits per heavy atom. The molecule has 5 N–H and O–H groups in total. The zero-order chi connectivity index (χ0) is 55.7. The summed E-state index contributed by atoms with van der Waals surface area (Å²) in [5, 5.41) is 37.8. The summed E-state index contributed by atoms with van der Waals surface area (Å²) in [7, 11) is 2.34. The van der Waals surface area contributed by atoms with Gasteiger partial charge in [0.15, 0.2) is 0 Å². The largest absolute Gasteiger partial charge is 0.492 e. The van der Waals surface area contributed by atoms with Gasteiger partial charge in [0.1, 0.15) is 55.9 Å². The number of rotatable bonds is 14. The third-order valence-electron chi connectivity index (χ3n) is 11.1. The summed E-state index contributed by atoms with van der Waals surface area (Å²) in [4.78, 5) is 26.2. The van der Waals surface area contributed by atoms with Crippen molar-refractivity contribution in [3.05, 3.63) is 174 Å². The Morgan fingerprint density at radius 3 is 1.62 bits per heavy atom. The van der Waals surface area contributed by atoms with E-state index in [1.807, 2.05) is 118 Å². The van der Waals surface area contributed by atoms with Crippen molar-refractivity contribution < 1.29 is 9.47 Å². The quantitative estimate of drug-likeness (QED) is 0.0343. The molecule has 10 rings (SSSR count). The Bertz CT molecular complexity index is 3940. The van der Waals surface area contributed by atoms with Crippen molar-refractivity contribution in [3.63, 3.8) is 0 Å². The summed E-state index contributed by atoms with van der Waals surface area (Å²) in [6.45, 7) is 8.52. The highest BCUT2D eigenvalue weighted by molar-refractivity contribution is 6.83. The highest BCUT2D eigenvalue weighted by Gasteiger charge is 2.12. The highest BCUT2D eigenvalue weighted by Crippen LogP contribution is 2.32. The summed E-state index contributed by atoms with van der Waals surface area (Å²) in [5.74, 6) is 8.96. The molecule has 0 aliphatic rings. The van der Waals surface area contributed by atoms with E-state index in [9.17, 15) is 0 Å². The van der Waals surface area contributed by atoms with E-state index in [0.29, 0.717) is 66.0 Å². The van der Waals surface area contributed by atoms with E-state index in [0.717, 1.165) is 72.3 Å². The number of nitriles is 2. The topological polar surface area (TPSA) is 241 Å². The lowest BCUT2D eigenvalue weighted by Gasteiger charge is -2.13. The van der Waals surface area contributed by atoms with Crippen LogP contribution < -0.4 is 31.2 Å². The van der Waals surface area contributed by atoms with Crippen LogP contribution in [-0.4, -0.2) is 83.8 Å². The van der Waals surface area contributed by atoms with Crippen LogP contribution in [0.5, 0.6) is 11.5 Å². The predicted molar refractivity (Wildman–Crippen MR) is 313 cm³/mol. The SMILES string of the molecule is C#Cc1ccc2nc(Nc3cc(OCCNc4ccc(C#N)cn4)cc(-c4cnn(C)c4)c3)ncc2c1.Cn1cc(-c2cc(Nc3ncc4cc(C#C[Si](C)(C)C)ccc4n3)cc(OCCN)c2)cn1.N#Cc1ccc(Cl)nc1. The van der Waals surface area contributed by atoms with Crippen molar-refractivity contribution in [2.45, 2.75) is 19.6 Å². The van der Waals surface area contributed by atoms with Crippen molar-refractivity contribution in [2.75, 3.05) is 42.3 Å². The molecule has 0 aliphatic heterocycles. The van der Waals surface area contributed by atoms with Gasteiger partial charge in [-0.2, -0.15) is 20.7 Å². The molecule has 0 unspecified atom stereocenters. The van der Waals surface area contributed by atoms with Gasteiger partial charge >= 0.3 is 0 Å². The molecule has 18 nitrogen and oxygen atoms in total. The molecule has 10 aromatic rings. The maximum Gasteiger partial charge on any atom is 0.227 e. The second-order valence-corrected chi connectivity index (χ2v) is 23.7. The fourth-order valence-electron chi connectivity index (χ4n) is 7.39. The van der Waals surface area contributed by atoms with Crippen LogP contribution in [0.2, 0.25) is 24.8 Å². The van der Waals surface area contributed by atoms with Gasteiger partial charge in [-0.3, -0.25) is 9.36 Å². The maximum absolute atomic E-state index is 8.90. The van der Waals surface area contributed by atoms with Crippen molar-refractivity contribution >= 4 is 70.6 Å². The minimum absolute atomic E-state index is 0.404. The van der Waals surface area contributed by atoms with Crippen LogP contribution in [0.4, 0.5) is 29.1 Å². The van der Waals surface area contributed by atoms with E-state index in [-0.39, 0.29) is 0 Å².